The van der Waals surface area contributed by atoms with E-state index in [1.807, 2.05) is 29.2 Å². The van der Waals surface area contributed by atoms with Crippen LogP contribution in [0.15, 0.2) is 24.3 Å². The number of ether oxygens (including phenoxy) is 1. The third-order valence-corrected chi connectivity index (χ3v) is 4.52. The zero-order chi connectivity index (χ0) is 14.1. The quantitative estimate of drug-likeness (QED) is 0.911. The van der Waals surface area contributed by atoms with E-state index in [9.17, 15) is 9.90 Å². The Balaban J connectivity index is 1.71. The second kappa shape index (κ2) is 5.44. The first-order valence-electron chi connectivity index (χ1n) is 7.30. The number of carbonyl (C=O) groups excluding carboxylic acids is 1. The Hall–Kier alpha value is -1.55. The topological polar surface area (TPSA) is 49.8 Å². The summed E-state index contributed by atoms with van der Waals surface area (Å²) in [5, 5.41) is 9.34. The van der Waals surface area contributed by atoms with Crippen molar-refractivity contribution in [3.05, 3.63) is 29.8 Å². The second-order valence-corrected chi connectivity index (χ2v) is 5.70. The molecule has 1 N–H and O–H groups in total. The lowest BCUT2D eigenvalue weighted by Crippen LogP contribution is -2.38. The number of benzene rings is 1. The molecule has 4 nitrogen and oxygen atoms in total. The summed E-state index contributed by atoms with van der Waals surface area (Å²) in [6.07, 6.45) is 2.82. The van der Waals surface area contributed by atoms with Gasteiger partial charge in [0.2, 0.25) is 5.91 Å². The van der Waals surface area contributed by atoms with Crippen LogP contribution in [-0.4, -0.2) is 42.2 Å². The number of hydrogen-bond donors (Lipinski definition) is 1. The lowest BCUT2D eigenvalue weighted by molar-refractivity contribution is -0.134. The average molecular weight is 275 g/mol. The highest BCUT2D eigenvalue weighted by Gasteiger charge is 2.48. The Morgan fingerprint density at radius 2 is 2.25 bits per heavy atom. The van der Waals surface area contributed by atoms with Crippen LogP contribution < -0.4 is 4.74 Å². The Morgan fingerprint density at radius 1 is 1.45 bits per heavy atom. The van der Waals surface area contributed by atoms with Gasteiger partial charge in [0.05, 0.1) is 19.8 Å². The van der Waals surface area contributed by atoms with Gasteiger partial charge in [0.25, 0.3) is 0 Å². The molecule has 4 heteroatoms. The number of para-hydroxylation sites is 1. The van der Waals surface area contributed by atoms with Crippen LogP contribution in [0.5, 0.6) is 5.75 Å². The summed E-state index contributed by atoms with van der Waals surface area (Å²) in [6.45, 7) is 0.872. The normalized spacial score (nSPS) is 28.5. The van der Waals surface area contributed by atoms with Crippen molar-refractivity contribution in [2.45, 2.75) is 31.2 Å². The summed E-state index contributed by atoms with van der Waals surface area (Å²) in [5.74, 6) is 1.42. The Labute approximate surface area is 119 Å². The standard InChI is InChI=1S/C16H21NO3/c1-20-15-7-3-2-6-12(15)13-9-14(13)16(19)17-8-4-5-11(17)10-18/h2-3,6-7,11,13-14,18H,4-5,8-10H2,1H3/t11-,13?,14?/m1/s1. The second-order valence-electron chi connectivity index (χ2n) is 5.70. The number of hydrogen-bond acceptors (Lipinski definition) is 3. The highest BCUT2D eigenvalue weighted by atomic mass is 16.5. The van der Waals surface area contributed by atoms with Gasteiger partial charge in [-0.15, -0.1) is 0 Å². The average Bonchev–Trinajstić information content (AvgIpc) is 3.15. The SMILES string of the molecule is COc1ccccc1C1CC1C(=O)N1CCC[C@@H]1CO. The molecule has 1 amide bonds. The van der Waals surface area contributed by atoms with Crippen LogP contribution in [0.1, 0.15) is 30.7 Å². The van der Waals surface area contributed by atoms with Crippen LogP contribution in [0, 0.1) is 5.92 Å². The first kappa shape index (κ1) is 13.4. The van der Waals surface area contributed by atoms with E-state index in [0.717, 1.165) is 37.1 Å². The molecule has 0 bridgehead atoms. The molecule has 1 aliphatic carbocycles. The molecule has 2 unspecified atom stereocenters. The van der Waals surface area contributed by atoms with Crippen LogP contribution >= 0.6 is 0 Å². The van der Waals surface area contributed by atoms with E-state index in [-0.39, 0.29) is 30.4 Å². The zero-order valence-corrected chi connectivity index (χ0v) is 11.8. The van der Waals surface area contributed by atoms with Crippen molar-refractivity contribution in [1.82, 2.24) is 4.90 Å². The van der Waals surface area contributed by atoms with Crippen LogP contribution in [0.2, 0.25) is 0 Å². The van der Waals surface area contributed by atoms with Crippen molar-refractivity contribution in [1.29, 1.82) is 0 Å². The number of rotatable bonds is 4. The van der Waals surface area contributed by atoms with E-state index in [4.69, 9.17) is 4.74 Å². The monoisotopic (exact) mass is 275 g/mol. The molecule has 1 aliphatic heterocycles. The Kier molecular flexibility index (Phi) is 3.66. The number of carbonyl (C=O) groups is 1. The van der Waals surface area contributed by atoms with Crippen LogP contribution in [0.3, 0.4) is 0 Å². The van der Waals surface area contributed by atoms with Gasteiger partial charge in [0.15, 0.2) is 0 Å². The lowest BCUT2D eigenvalue weighted by atomic mass is 10.1. The van der Waals surface area contributed by atoms with Gasteiger partial charge in [-0.25, -0.2) is 0 Å². The van der Waals surface area contributed by atoms with E-state index in [2.05, 4.69) is 0 Å². The number of amides is 1. The maximum absolute atomic E-state index is 12.5. The van der Waals surface area contributed by atoms with Crippen LogP contribution in [0.4, 0.5) is 0 Å². The number of nitrogens with zero attached hydrogens (tertiary/aromatic N) is 1. The number of aliphatic hydroxyl groups is 1. The first-order chi connectivity index (χ1) is 9.76. The number of aliphatic hydroxyl groups excluding tert-OH is 1. The number of likely N-dealkylation sites (tertiary alicyclic amines) is 1. The zero-order valence-electron chi connectivity index (χ0n) is 11.8. The van der Waals surface area contributed by atoms with Gasteiger partial charge in [0.1, 0.15) is 5.75 Å². The summed E-state index contributed by atoms with van der Waals surface area (Å²) in [5.41, 5.74) is 1.13. The first-order valence-corrected chi connectivity index (χ1v) is 7.30. The molecule has 1 aromatic carbocycles. The van der Waals surface area contributed by atoms with Gasteiger partial charge < -0.3 is 14.7 Å². The van der Waals surface area contributed by atoms with Crippen molar-refractivity contribution in [2.24, 2.45) is 5.92 Å². The molecule has 2 aliphatic rings. The third kappa shape index (κ3) is 2.29. The van der Waals surface area contributed by atoms with Gasteiger partial charge >= 0.3 is 0 Å². The van der Waals surface area contributed by atoms with Gasteiger partial charge in [-0.3, -0.25) is 4.79 Å². The molecule has 1 saturated heterocycles. The summed E-state index contributed by atoms with van der Waals surface area (Å²) in [7, 11) is 1.67. The molecule has 1 aromatic rings. The molecule has 3 atom stereocenters. The van der Waals surface area contributed by atoms with Crippen molar-refractivity contribution < 1.29 is 14.6 Å². The van der Waals surface area contributed by atoms with Crippen molar-refractivity contribution >= 4 is 5.91 Å². The summed E-state index contributed by atoms with van der Waals surface area (Å²) in [4.78, 5) is 14.4. The third-order valence-electron chi connectivity index (χ3n) is 4.52. The number of methoxy groups -OCH3 is 1. The van der Waals surface area contributed by atoms with E-state index < -0.39 is 0 Å². The van der Waals surface area contributed by atoms with Gasteiger partial charge in [-0.1, -0.05) is 18.2 Å². The van der Waals surface area contributed by atoms with Gasteiger partial charge in [-0.2, -0.15) is 0 Å². The van der Waals surface area contributed by atoms with E-state index >= 15 is 0 Å². The molecule has 0 aromatic heterocycles. The van der Waals surface area contributed by atoms with Crippen molar-refractivity contribution in [2.75, 3.05) is 20.3 Å². The van der Waals surface area contributed by atoms with Crippen molar-refractivity contribution in [3.8, 4) is 5.75 Å². The fraction of sp³-hybridized carbons (Fsp3) is 0.562. The maximum atomic E-state index is 12.5. The highest BCUT2D eigenvalue weighted by Crippen LogP contribution is 2.51. The minimum atomic E-state index is 0.0291. The van der Waals surface area contributed by atoms with E-state index in [1.165, 1.54) is 0 Å². The van der Waals surface area contributed by atoms with Crippen LogP contribution in [-0.2, 0) is 4.79 Å². The molecule has 0 radical (unpaired) electrons. The maximum Gasteiger partial charge on any atom is 0.226 e. The van der Waals surface area contributed by atoms with Gasteiger partial charge in [-0.05, 0) is 36.8 Å². The van der Waals surface area contributed by atoms with Crippen molar-refractivity contribution in [3.63, 3.8) is 0 Å². The summed E-state index contributed by atoms with van der Waals surface area (Å²) >= 11 is 0. The van der Waals surface area contributed by atoms with E-state index in [1.54, 1.807) is 7.11 Å². The lowest BCUT2D eigenvalue weighted by Gasteiger charge is -2.23. The van der Waals surface area contributed by atoms with E-state index in [0.29, 0.717) is 0 Å². The minimum absolute atomic E-state index is 0.0291. The molecule has 2 fully saturated rings. The Bertz CT molecular complexity index is 502. The predicted molar refractivity (Wildman–Crippen MR) is 75.7 cm³/mol. The largest absolute Gasteiger partial charge is 0.496 e. The predicted octanol–water partition coefficient (Wildman–Crippen LogP) is 1.78. The molecule has 3 rings (SSSR count). The Morgan fingerprint density at radius 3 is 3.00 bits per heavy atom. The molecular weight excluding hydrogens is 254 g/mol. The summed E-state index contributed by atoms with van der Waals surface area (Å²) in [6, 6.07) is 7.96. The molecule has 0 spiro atoms. The smallest absolute Gasteiger partial charge is 0.226 e. The molecular formula is C16H21NO3. The highest BCUT2D eigenvalue weighted by molar-refractivity contribution is 5.83. The van der Waals surface area contributed by atoms with Gasteiger partial charge in [0, 0.05) is 12.5 Å². The fourth-order valence-electron chi connectivity index (χ4n) is 3.31. The fourth-order valence-corrected chi connectivity index (χ4v) is 3.31. The van der Waals surface area contributed by atoms with Crippen LogP contribution in [0.25, 0.3) is 0 Å². The molecule has 20 heavy (non-hydrogen) atoms. The molecule has 1 heterocycles. The minimum Gasteiger partial charge on any atom is -0.496 e. The molecule has 1 saturated carbocycles. The summed E-state index contributed by atoms with van der Waals surface area (Å²) < 4.78 is 5.38. The molecule has 108 valence electrons.